The van der Waals surface area contributed by atoms with Gasteiger partial charge in [0.25, 0.3) is 0 Å². The van der Waals surface area contributed by atoms with Crippen LogP contribution >= 0.6 is 0 Å². The van der Waals surface area contributed by atoms with E-state index in [2.05, 4.69) is 10.0 Å². The summed E-state index contributed by atoms with van der Waals surface area (Å²) in [6.07, 6.45) is -6.02. The molecule has 0 radical (unpaired) electrons. The lowest BCUT2D eigenvalue weighted by molar-refractivity contribution is -0.226. The van der Waals surface area contributed by atoms with Crippen LogP contribution in [0, 0.1) is 0 Å². The molecule has 15 heavy (non-hydrogen) atoms. The first-order valence-electron chi connectivity index (χ1n) is 4.43. The van der Waals surface area contributed by atoms with Crippen molar-refractivity contribution in [3.8, 4) is 0 Å². The van der Waals surface area contributed by atoms with Gasteiger partial charge in [0.15, 0.2) is 0 Å². The van der Waals surface area contributed by atoms with E-state index < -0.39 is 37.1 Å². The minimum Gasteiger partial charge on any atom is -0.394 e. The van der Waals surface area contributed by atoms with Crippen molar-refractivity contribution in [3.63, 3.8) is 0 Å². The number of rotatable bonds is 3. The van der Waals surface area contributed by atoms with Gasteiger partial charge in [0, 0.05) is 4.91 Å². The molecule has 1 heterocycles. The van der Waals surface area contributed by atoms with Crippen molar-refractivity contribution < 1.29 is 25.2 Å². The Hall–Kier alpha value is -0.890. The lowest BCUT2D eigenvalue weighted by Gasteiger charge is -2.39. The van der Waals surface area contributed by atoms with Gasteiger partial charge in [0.2, 0.25) is 0 Å². The smallest absolute Gasteiger partial charge is 0.111 e. The quantitative estimate of drug-likeness (QED) is 0.250. The molecule has 1 rings (SSSR count). The first-order chi connectivity index (χ1) is 7.11. The number of hydrogen-bond acceptors (Lipinski definition) is 6. The third-order valence-electron chi connectivity index (χ3n) is 2.32. The van der Waals surface area contributed by atoms with Crippen molar-refractivity contribution in [1.82, 2.24) is 0 Å². The van der Waals surface area contributed by atoms with Crippen LogP contribution in [0.4, 0.5) is 0 Å². The molecule has 86 valence electrons. The molecule has 4 N–H and O–H groups in total. The number of nitrogens with zero attached hydrogens (tertiary/aromatic N) is 3. The molecule has 1 fully saturated rings. The van der Waals surface area contributed by atoms with E-state index in [0.717, 1.165) is 0 Å². The van der Waals surface area contributed by atoms with Crippen LogP contribution in [0.1, 0.15) is 0 Å². The van der Waals surface area contributed by atoms with Crippen molar-refractivity contribution in [2.45, 2.75) is 30.5 Å². The van der Waals surface area contributed by atoms with Crippen molar-refractivity contribution in [2.24, 2.45) is 5.11 Å². The average molecular weight is 219 g/mol. The van der Waals surface area contributed by atoms with E-state index in [0.29, 0.717) is 0 Å². The second kappa shape index (κ2) is 5.26. The van der Waals surface area contributed by atoms with Gasteiger partial charge in [-0.15, -0.1) is 0 Å². The largest absolute Gasteiger partial charge is 0.394 e. The molecule has 0 aromatic carbocycles. The van der Waals surface area contributed by atoms with Crippen LogP contribution in [0.25, 0.3) is 10.4 Å². The van der Waals surface area contributed by atoms with E-state index in [1.165, 1.54) is 0 Å². The van der Waals surface area contributed by atoms with Gasteiger partial charge in [-0.3, -0.25) is 0 Å². The predicted molar refractivity (Wildman–Crippen MR) is 47.8 cm³/mol. The summed E-state index contributed by atoms with van der Waals surface area (Å²) in [5, 5.41) is 40.2. The normalized spacial score (nSPS) is 40.9. The zero-order valence-corrected chi connectivity index (χ0v) is 7.84. The summed E-state index contributed by atoms with van der Waals surface area (Å²) in [6, 6.07) is 0. The zero-order chi connectivity index (χ0) is 11.4. The molecule has 8 nitrogen and oxygen atoms in total. The van der Waals surface area contributed by atoms with Crippen LogP contribution in [0.2, 0.25) is 0 Å². The molecule has 1 saturated heterocycles. The van der Waals surface area contributed by atoms with E-state index in [9.17, 15) is 15.3 Å². The maximum absolute atomic E-state index is 9.45. The molecule has 0 aromatic rings. The number of hydrogen-bond donors (Lipinski definition) is 4. The molecule has 8 heteroatoms. The molecule has 0 amide bonds. The third kappa shape index (κ3) is 2.57. The second-order valence-corrected chi connectivity index (χ2v) is 3.28. The van der Waals surface area contributed by atoms with Gasteiger partial charge in [-0.25, -0.2) is 0 Å². The maximum Gasteiger partial charge on any atom is 0.111 e. The lowest BCUT2D eigenvalue weighted by atomic mass is 9.95. The van der Waals surface area contributed by atoms with Crippen molar-refractivity contribution in [1.29, 1.82) is 0 Å². The van der Waals surface area contributed by atoms with Gasteiger partial charge in [-0.1, -0.05) is 5.11 Å². The minimum atomic E-state index is -1.42. The van der Waals surface area contributed by atoms with E-state index in [1.54, 1.807) is 0 Å². The Morgan fingerprint density at radius 1 is 1.13 bits per heavy atom. The predicted octanol–water partition coefficient (Wildman–Crippen LogP) is -1.86. The molecule has 1 aliphatic rings. The molecule has 0 unspecified atom stereocenters. The molecule has 0 bridgehead atoms. The maximum atomic E-state index is 9.45. The highest BCUT2D eigenvalue weighted by molar-refractivity contribution is 4.92. The number of ether oxygens (including phenoxy) is 1. The number of aliphatic hydroxyl groups is 4. The average Bonchev–Trinajstić information content (AvgIpc) is 2.25. The van der Waals surface area contributed by atoms with Crippen LogP contribution < -0.4 is 0 Å². The second-order valence-electron chi connectivity index (χ2n) is 3.28. The van der Waals surface area contributed by atoms with Crippen LogP contribution in [0.15, 0.2) is 5.11 Å². The summed E-state index contributed by atoms with van der Waals surface area (Å²) in [5.74, 6) is 0. The van der Waals surface area contributed by atoms with E-state index in [-0.39, 0.29) is 6.54 Å². The monoisotopic (exact) mass is 219 g/mol. The Labute approximate surface area is 85.3 Å². The fourth-order valence-electron chi connectivity index (χ4n) is 1.45. The Balaban J connectivity index is 2.69. The molecule has 0 aromatic heterocycles. The molecule has 0 aliphatic carbocycles. The number of aliphatic hydroxyl groups excluding tert-OH is 4. The highest BCUT2D eigenvalue weighted by atomic mass is 16.5. The fraction of sp³-hybridized carbons (Fsp3) is 1.00. The topological polar surface area (TPSA) is 139 Å². The molecule has 0 saturated carbocycles. The fourth-order valence-corrected chi connectivity index (χ4v) is 1.45. The minimum absolute atomic E-state index is 0.169. The van der Waals surface area contributed by atoms with Gasteiger partial charge in [0.1, 0.15) is 24.4 Å². The van der Waals surface area contributed by atoms with Crippen molar-refractivity contribution in [3.05, 3.63) is 10.4 Å². The van der Waals surface area contributed by atoms with Gasteiger partial charge in [-0.05, 0) is 5.53 Å². The van der Waals surface area contributed by atoms with Crippen molar-refractivity contribution in [2.75, 3.05) is 13.2 Å². The Bertz CT molecular complexity index is 255. The van der Waals surface area contributed by atoms with Gasteiger partial charge in [0.05, 0.1) is 19.3 Å². The standard InChI is InChI=1S/C7H13N3O5/c8-10-9-1-3-5(12)7(14)6(13)4(2-11)15-3/h3-7,11-14H,1-2H2/t3-,4+,5-,6+,7+/m0/s1. The van der Waals surface area contributed by atoms with Crippen molar-refractivity contribution >= 4 is 0 Å². The summed E-state index contributed by atoms with van der Waals surface area (Å²) in [6.45, 7) is -0.657. The van der Waals surface area contributed by atoms with Gasteiger partial charge in [-0.2, -0.15) is 0 Å². The summed E-state index contributed by atoms with van der Waals surface area (Å²) in [4.78, 5) is 2.49. The van der Waals surface area contributed by atoms with Crippen LogP contribution in [0.5, 0.6) is 0 Å². The molecular weight excluding hydrogens is 206 g/mol. The first-order valence-corrected chi connectivity index (χ1v) is 4.43. The van der Waals surface area contributed by atoms with E-state index >= 15 is 0 Å². The van der Waals surface area contributed by atoms with Crippen LogP contribution in [-0.4, -0.2) is 64.1 Å². The zero-order valence-electron chi connectivity index (χ0n) is 7.84. The summed E-state index contributed by atoms with van der Waals surface area (Å²) < 4.78 is 5.06. The summed E-state index contributed by atoms with van der Waals surface area (Å²) in [5.41, 5.74) is 8.08. The lowest BCUT2D eigenvalue weighted by Crippen LogP contribution is -2.59. The molecule has 1 aliphatic heterocycles. The first kappa shape index (κ1) is 12.2. The SMILES string of the molecule is [N-]=[N+]=NC[C@@H]1O[C@H](CO)[C@@H](O)[C@H](O)[C@H]1O. The molecule has 5 atom stereocenters. The van der Waals surface area contributed by atoms with Crippen LogP contribution in [0.3, 0.4) is 0 Å². The third-order valence-corrected chi connectivity index (χ3v) is 2.32. The van der Waals surface area contributed by atoms with E-state index in [1.807, 2.05) is 0 Å². The Morgan fingerprint density at radius 2 is 1.73 bits per heavy atom. The van der Waals surface area contributed by atoms with Gasteiger partial charge >= 0.3 is 0 Å². The summed E-state index contributed by atoms with van der Waals surface area (Å²) in [7, 11) is 0. The number of azide groups is 1. The molecule has 0 spiro atoms. The Kier molecular flexibility index (Phi) is 4.28. The highest BCUT2D eigenvalue weighted by Gasteiger charge is 2.42. The summed E-state index contributed by atoms with van der Waals surface area (Å²) >= 11 is 0. The van der Waals surface area contributed by atoms with Gasteiger partial charge < -0.3 is 25.2 Å². The highest BCUT2D eigenvalue weighted by Crippen LogP contribution is 2.21. The Morgan fingerprint density at radius 3 is 2.27 bits per heavy atom. The van der Waals surface area contributed by atoms with E-state index in [4.69, 9.17) is 15.4 Å². The van der Waals surface area contributed by atoms with Crippen LogP contribution in [-0.2, 0) is 4.74 Å². The molecular formula is C7H13N3O5.